The Morgan fingerprint density at radius 2 is 2.10 bits per heavy atom. The fourth-order valence-corrected chi connectivity index (χ4v) is 2.48. The topological polar surface area (TPSA) is 58.6 Å². The highest BCUT2D eigenvalue weighted by atomic mass is 16.1. The van der Waals surface area contributed by atoms with E-state index in [0.717, 1.165) is 40.9 Å². The second kappa shape index (κ2) is 5.48. The lowest BCUT2D eigenvalue weighted by molar-refractivity contribution is 0.892. The number of hydrogen-bond acceptors (Lipinski definition) is 3. The lowest BCUT2D eigenvalue weighted by Crippen LogP contribution is -2.09. The molecule has 0 fully saturated rings. The lowest BCUT2D eigenvalue weighted by Gasteiger charge is -2.08. The van der Waals surface area contributed by atoms with E-state index in [4.69, 9.17) is 4.98 Å². The van der Waals surface area contributed by atoms with Crippen LogP contribution in [-0.2, 0) is 6.42 Å². The third-order valence-electron chi connectivity index (χ3n) is 3.52. The smallest absolute Gasteiger partial charge is 0.257 e. The van der Waals surface area contributed by atoms with Crippen LogP contribution >= 0.6 is 0 Å². The summed E-state index contributed by atoms with van der Waals surface area (Å²) in [5.74, 6) is 0. The molecule has 0 unspecified atom stereocenters. The first-order valence-electron chi connectivity index (χ1n) is 7.13. The molecule has 4 heteroatoms. The Labute approximate surface area is 122 Å². The van der Waals surface area contributed by atoms with Gasteiger partial charge in [0.2, 0.25) is 0 Å². The maximum atomic E-state index is 12.1. The molecule has 3 heterocycles. The van der Waals surface area contributed by atoms with Crippen LogP contribution < -0.4 is 5.56 Å². The maximum Gasteiger partial charge on any atom is 0.257 e. The van der Waals surface area contributed by atoms with Gasteiger partial charge in [0.05, 0.1) is 16.8 Å². The molecule has 0 aliphatic rings. The first kappa shape index (κ1) is 13.5. The van der Waals surface area contributed by atoms with E-state index in [9.17, 15) is 4.79 Å². The van der Waals surface area contributed by atoms with E-state index in [1.165, 1.54) is 0 Å². The summed E-state index contributed by atoms with van der Waals surface area (Å²) in [5.41, 5.74) is 3.60. The average molecular weight is 279 g/mol. The van der Waals surface area contributed by atoms with Crippen molar-refractivity contribution in [2.24, 2.45) is 0 Å². The highest BCUT2D eigenvalue weighted by molar-refractivity contribution is 5.86. The Morgan fingerprint density at radius 1 is 1.24 bits per heavy atom. The molecule has 3 aromatic rings. The van der Waals surface area contributed by atoms with Gasteiger partial charge < -0.3 is 4.98 Å². The predicted octanol–water partition coefficient (Wildman–Crippen LogP) is 3.25. The Hall–Kier alpha value is -2.49. The van der Waals surface area contributed by atoms with Crippen LogP contribution in [0.15, 0.2) is 41.5 Å². The van der Waals surface area contributed by atoms with Crippen molar-refractivity contribution in [2.45, 2.75) is 26.7 Å². The van der Waals surface area contributed by atoms with E-state index >= 15 is 0 Å². The number of rotatable bonds is 3. The van der Waals surface area contributed by atoms with Gasteiger partial charge in [0.15, 0.2) is 0 Å². The molecule has 0 saturated heterocycles. The number of pyridine rings is 3. The van der Waals surface area contributed by atoms with Crippen molar-refractivity contribution in [2.75, 3.05) is 0 Å². The van der Waals surface area contributed by atoms with Gasteiger partial charge in [-0.3, -0.25) is 14.8 Å². The number of aromatic nitrogens is 3. The standard InChI is InChI=1S/C17H17N3O/c1-3-4-14-16-12(7-8-18-17(16)21)9-15(20-14)13-6-5-11(2)19-10-13/h5-10H,3-4H2,1-2H3,(H,18,21). The number of aryl methyl sites for hydroxylation is 2. The molecule has 0 amide bonds. The molecule has 4 nitrogen and oxygen atoms in total. The third kappa shape index (κ3) is 2.57. The van der Waals surface area contributed by atoms with E-state index in [1.54, 1.807) is 6.20 Å². The summed E-state index contributed by atoms with van der Waals surface area (Å²) in [6, 6.07) is 7.86. The first-order chi connectivity index (χ1) is 10.2. The molecule has 106 valence electrons. The normalized spacial score (nSPS) is 11.0. The van der Waals surface area contributed by atoms with Gasteiger partial charge in [-0.15, -0.1) is 0 Å². The van der Waals surface area contributed by atoms with Crippen LogP contribution in [0.4, 0.5) is 0 Å². The highest BCUT2D eigenvalue weighted by Gasteiger charge is 2.10. The molecular formula is C17H17N3O. The van der Waals surface area contributed by atoms with Gasteiger partial charge in [-0.05, 0) is 43.0 Å². The summed E-state index contributed by atoms with van der Waals surface area (Å²) in [4.78, 5) is 23.8. The fraction of sp³-hybridized carbons (Fsp3) is 0.235. The molecule has 3 rings (SSSR count). The van der Waals surface area contributed by atoms with Crippen LogP contribution in [0.1, 0.15) is 24.7 Å². The van der Waals surface area contributed by atoms with Gasteiger partial charge in [0, 0.05) is 23.7 Å². The van der Waals surface area contributed by atoms with Crippen molar-refractivity contribution in [3.8, 4) is 11.3 Å². The molecule has 21 heavy (non-hydrogen) atoms. The SMILES string of the molecule is CCCc1nc(-c2ccc(C)nc2)cc2cc[nH]c(=O)c12. The van der Waals surface area contributed by atoms with Crippen molar-refractivity contribution in [1.29, 1.82) is 0 Å². The van der Waals surface area contributed by atoms with E-state index in [1.807, 2.05) is 37.4 Å². The molecule has 0 spiro atoms. The van der Waals surface area contributed by atoms with Crippen LogP contribution in [0.3, 0.4) is 0 Å². The molecule has 1 N–H and O–H groups in total. The van der Waals surface area contributed by atoms with Gasteiger partial charge in [-0.25, -0.2) is 0 Å². The molecule has 0 atom stereocenters. The van der Waals surface area contributed by atoms with Crippen molar-refractivity contribution < 1.29 is 0 Å². The fourth-order valence-electron chi connectivity index (χ4n) is 2.48. The number of nitrogens with one attached hydrogen (secondary N) is 1. The minimum atomic E-state index is -0.0722. The second-order valence-corrected chi connectivity index (χ2v) is 5.16. The van der Waals surface area contributed by atoms with Gasteiger partial charge in [0.25, 0.3) is 5.56 Å². The number of fused-ring (bicyclic) bond motifs is 1. The summed E-state index contributed by atoms with van der Waals surface area (Å²) in [6.07, 6.45) is 5.24. The van der Waals surface area contributed by atoms with E-state index < -0.39 is 0 Å². The summed E-state index contributed by atoms with van der Waals surface area (Å²) < 4.78 is 0. The summed E-state index contributed by atoms with van der Waals surface area (Å²) in [7, 11) is 0. The first-order valence-corrected chi connectivity index (χ1v) is 7.13. The highest BCUT2D eigenvalue weighted by Crippen LogP contribution is 2.23. The van der Waals surface area contributed by atoms with Crippen LogP contribution in [0, 0.1) is 6.92 Å². The predicted molar refractivity (Wildman–Crippen MR) is 84.3 cm³/mol. The van der Waals surface area contributed by atoms with E-state index in [-0.39, 0.29) is 5.56 Å². The largest absolute Gasteiger partial charge is 0.329 e. The Bertz CT molecular complexity index is 835. The van der Waals surface area contributed by atoms with E-state index in [2.05, 4.69) is 16.9 Å². The van der Waals surface area contributed by atoms with Crippen molar-refractivity contribution in [3.63, 3.8) is 0 Å². The van der Waals surface area contributed by atoms with Crippen molar-refractivity contribution >= 4 is 10.8 Å². The van der Waals surface area contributed by atoms with E-state index in [0.29, 0.717) is 5.39 Å². The molecular weight excluding hydrogens is 262 g/mol. The number of nitrogens with zero attached hydrogens (tertiary/aromatic N) is 2. The maximum absolute atomic E-state index is 12.1. The van der Waals surface area contributed by atoms with Crippen molar-refractivity contribution in [1.82, 2.24) is 15.0 Å². The van der Waals surface area contributed by atoms with Gasteiger partial charge in [-0.1, -0.05) is 13.3 Å². The molecule has 0 aliphatic carbocycles. The average Bonchev–Trinajstić information content (AvgIpc) is 2.48. The zero-order valence-electron chi connectivity index (χ0n) is 12.2. The van der Waals surface area contributed by atoms with Gasteiger partial charge >= 0.3 is 0 Å². The Balaban J connectivity index is 2.25. The molecule has 0 aliphatic heterocycles. The van der Waals surface area contributed by atoms with Crippen LogP contribution in [-0.4, -0.2) is 15.0 Å². The summed E-state index contributed by atoms with van der Waals surface area (Å²) in [6.45, 7) is 4.05. The van der Waals surface area contributed by atoms with Crippen LogP contribution in [0.2, 0.25) is 0 Å². The number of H-pyrrole nitrogens is 1. The Morgan fingerprint density at radius 3 is 2.81 bits per heavy atom. The zero-order chi connectivity index (χ0) is 14.8. The minimum Gasteiger partial charge on any atom is -0.329 e. The quantitative estimate of drug-likeness (QED) is 0.800. The number of hydrogen-bond donors (Lipinski definition) is 1. The summed E-state index contributed by atoms with van der Waals surface area (Å²) >= 11 is 0. The van der Waals surface area contributed by atoms with Crippen LogP contribution in [0.5, 0.6) is 0 Å². The van der Waals surface area contributed by atoms with Gasteiger partial charge in [-0.2, -0.15) is 0 Å². The van der Waals surface area contributed by atoms with Crippen molar-refractivity contribution in [3.05, 3.63) is 58.4 Å². The molecule has 0 bridgehead atoms. The zero-order valence-corrected chi connectivity index (χ0v) is 12.2. The molecule has 3 aromatic heterocycles. The Kier molecular flexibility index (Phi) is 3.52. The second-order valence-electron chi connectivity index (χ2n) is 5.16. The van der Waals surface area contributed by atoms with Gasteiger partial charge in [0.1, 0.15) is 0 Å². The minimum absolute atomic E-state index is 0.0722. The molecule has 0 saturated carbocycles. The molecule has 0 aromatic carbocycles. The lowest BCUT2D eigenvalue weighted by atomic mass is 10.1. The summed E-state index contributed by atoms with van der Waals surface area (Å²) in [5, 5.41) is 1.62. The molecule has 0 radical (unpaired) electrons. The number of aromatic amines is 1. The van der Waals surface area contributed by atoms with Crippen LogP contribution in [0.25, 0.3) is 22.0 Å². The monoisotopic (exact) mass is 279 g/mol. The third-order valence-corrected chi connectivity index (χ3v) is 3.52.